The minimum Gasteiger partial charge on any atom is -0.0804 e. The fourth-order valence-electron chi connectivity index (χ4n) is 5.03. The van der Waals surface area contributed by atoms with E-state index >= 15 is 0 Å². The van der Waals surface area contributed by atoms with E-state index in [1.54, 1.807) is 12.0 Å². The van der Waals surface area contributed by atoms with Crippen LogP contribution in [0.3, 0.4) is 0 Å². The second-order valence-corrected chi connectivity index (χ2v) is 8.59. The van der Waals surface area contributed by atoms with Crippen molar-refractivity contribution in [3.05, 3.63) is 41.5 Å². The lowest BCUT2D eigenvalue weighted by Gasteiger charge is -2.35. The summed E-state index contributed by atoms with van der Waals surface area (Å²) < 4.78 is 0. The van der Waals surface area contributed by atoms with E-state index in [2.05, 4.69) is 37.3 Å². The monoisotopic (exact) mass is 308 g/mol. The molecule has 0 unspecified atom stereocenters. The van der Waals surface area contributed by atoms with Crippen molar-refractivity contribution >= 4 is 5.57 Å². The molecule has 0 nitrogen and oxygen atoms in total. The van der Waals surface area contributed by atoms with E-state index in [9.17, 15) is 0 Å². The summed E-state index contributed by atoms with van der Waals surface area (Å²) in [4.78, 5) is 0. The first-order valence-electron chi connectivity index (χ1n) is 10.0. The molecule has 3 aliphatic rings. The average molecular weight is 309 g/mol. The molecule has 0 heterocycles. The molecule has 0 aliphatic heterocycles. The highest BCUT2D eigenvalue weighted by atomic mass is 14.4. The molecule has 2 saturated carbocycles. The molecule has 3 aliphatic carbocycles. The third kappa shape index (κ3) is 3.90. The summed E-state index contributed by atoms with van der Waals surface area (Å²) in [6.07, 6.45) is 17.4. The Hall–Kier alpha value is -1.04. The molecule has 1 aromatic rings. The Morgan fingerprint density at radius 3 is 2.00 bits per heavy atom. The Bertz CT molecular complexity index is 538. The second-order valence-electron chi connectivity index (χ2n) is 8.59. The van der Waals surface area contributed by atoms with Gasteiger partial charge in [-0.3, -0.25) is 0 Å². The number of allylic oxidation sites excluding steroid dienone is 2. The summed E-state index contributed by atoms with van der Waals surface area (Å²) in [6, 6.07) is 9.13. The van der Waals surface area contributed by atoms with E-state index in [-0.39, 0.29) is 0 Å². The molecule has 0 saturated heterocycles. The average Bonchev–Trinajstić information content (AvgIpc) is 3.41. The van der Waals surface area contributed by atoms with Crippen LogP contribution < -0.4 is 0 Å². The van der Waals surface area contributed by atoms with Crippen LogP contribution in [-0.4, -0.2) is 0 Å². The van der Waals surface area contributed by atoms with Gasteiger partial charge >= 0.3 is 0 Å². The van der Waals surface area contributed by atoms with Crippen LogP contribution >= 0.6 is 0 Å². The highest BCUT2D eigenvalue weighted by Crippen LogP contribution is 2.45. The maximum atomic E-state index is 2.56. The smallest absolute Gasteiger partial charge is 0.0228 e. The fourth-order valence-corrected chi connectivity index (χ4v) is 5.03. The predicted molar refractivity (Wildman–Crippen MR) is 99.3 cm³/mol. The lowest BCUT2D eigenvalue weighted by atomic mass is 9.70. The number of benzene rings is 1. The zero-order valence-corrected chi connectivity index (χ0v) is 14.8. The van der Waals surface area contributed by atoms with Crippen molar-refractivity contribution in [3.8, 4) is 0 Å². The number of aryl methyl sites for hydroxylation is 1. The summed E-state index contributed by atoms with van der Waals surface area (Å²) in [5.74, 6) is 4.22. The molecular formula is C23H32. The van der Waals surface area contributed by atoms with Crippen molar-refractivity contribution in [1.29, 1.82) is 0 Å². The van der Waals surface area contributed by atoms with Gasteiger partial charge in [-0.15, -0.1) is 0 Å². The molecule has 23 heavy (non-hydrogen) atoms. The van der Waals surface area contributed by atoms with Crippen LogP contribution in [0.4, 0.5) is 0 Å². The van der Waals surface area contributed by atoms with Crippen LogP contribution in [0.2, 0.25) is 0 Å². The van der Waals surface area contributed by atoms with Crippen LogP contribution in [0.5, 0.6) is 0 Å². The highest BCUT2D eigenvalue weighted by Gasteiger charge is 2.31. The van der Waals surface area contributed by atoms with Crippen molar-refractivity contribution in [2.24, 2.45) is 23.7 Å². The molecule has 0 N–H and O–H groups in total. The van der Waals surface area contributed by atoms with E-state index < -0.39 is 0 Å². The lowest BCUT2D eigenvalue weighted by Crippen LogP contribution is -2.23. The minimum atomic E-state index is 0.978. The van der Waals surface area contributed by atoms with Gasteiger partial charge in [0.2, 0.25) is 0 Å². The van der Waals surface area contributed by atoms with E-state index in [0.717, 1.165) is 23.7 Å². The molecular weight excluding hydrogens is 276 g/mol. The van der Waals surface area contributed by atoms with E-state index in [1.807, 2.05) is 0 Å². The van der Waals surface area contributed by atoms with Crippen molar-refractivity contribution < 1.29 is 0 Å². The van der Waals surface area contributed by atoms with Gasteiger partial charge in [-0.2, -0.15) is 0 Å². The number of hydrogen-bond acceptors (Lipinski definition) is 0. The molecule has 2 fully saturated rings. The lowest BCUT2D eigenvalue weighted by molar-refractivity contribution is 0.186. The van der Waals surface area contributed by atoms with E-state index in [1.165, 1.54) is 68.9 Å². The first kappa shape index (κ1) is 15.5. The highest BCUT2D eigenvalue weighted by molar-refractivity contribution is 5.66. The van der Waals surface area contributed by atoms with E-state index in [0.29, 0.717) is 0 Å². The molecule has 0 heteroatoms. The van der Waals surface area contributed by atoms with Gasteiger partial charge in [0, 0.05) is 0 Å². The standard InChI is InChI=1S/C23H32/c1-17-2-8-20(9-3-17)22-12-14-23(15-13-22)21-10-6-19(7-11-21)16-18-4-5-18/h2-3,8-9,12,18-19,21,23H,4-7,10-11,13-16H2,1H3/t19?,21?,23-/m0/s1. The summed E-state index contributed by atoms with van der Waals surface area (Å²) in [5.41, 5.74) is 4.43. The predicted octanol–water partition coefficient (Wildman–Crippen LogP) is 6.79. The zero-order chi connectivity index (χ0) is 15.6. The molecule has 0 radical (unpaired) electrons. The summed E-state index contributed by atoms with van der Waals surface area (Å²) in [6.45, 7) is 2.18. The zero-order valence-electron chi connectivity index (χ0n) is 14.8. The molecule has 0 amide bonds. The fraction of sp³-hybridized carbons (Fsp3) is 0.652. The molecule has 1 atom stereocenters. The third-order valence-corrected chi connectivity index (χ3v) is 6.80. The van der Waals surface area contributed by atoms with Gasteiger partial charge in [-0.25, -0.2) is 0 Å². The Balaban J connectivity index is 1.29. The van der Waals surface area contributed by atoms with Crippen LogP contribution in [0.25, 0.3) is 5.57 Å². The molecule has 4 rings (SSSR count). The quantitative estimate of drug-likeness (QED) is 0.574. The Morgan fingerprint density at radius 1 is 0.783 bits per heavy atom. The maximum Gasteiger partial charge on any atom is -0.0228 e. The van der Waals surface area contributed by atoms with Gasteiger partial charge in [0.1, 0.15) is 0 Å². The van der Waals surface area contributed by atoms with Gasteiger partial charge in [-0.05, 0) is 80.3 Å². The van der Waals surface area contributed by atoms with Gasteiger partial charge in [0.25, 0.3) is 0 Å². The maximum absolute atomic E-state index is 2.56. The van der Waals surface area contributed by atoms with Crippen molar-refractivity contribution in [2.75, 3.05) is 0 Å². The normalized spacial score (nSPS) is 31.7. The second kappa shape index (κ2) is 6.83. The van der Waals surface area contributed by atoms with Crippen molar-refractivity contribution in [2.45, 2.75) is 71.1 Å². The molecule has 0 aromatic heterocycles. The van der Waals surface area contributed by atoms with Crippen molar-refractivity contribution in [3.63, 3.8) is 0 Å². The van der Waals surface area contributed by atoms with Gasteiger partial charge < -0.3 is 0 Å². The van der Waals surface area contributed by atoms with E-state index in [4.69, 9.17) is 0 Å². The van der Waals surface area contributed by atoms with Crippen LogP contribution in [0.15, 0.2) is 30.3 Å². The Morgan fingerprint density at radius 2 is 1.43 bits per heavy atom. The molecule has 1 aromatic carbocycles. The first-order chi connectivity index (χ1) is 11.3. The SMILES string of the molecule is Cc1ccc(C2=CC[C@H](C3CCC(CC4CC4)CC3)CC2)cc1. The summed E-state index contributed by atoms with van der Waals surface area (Å²) >= 11 is 0. The number of rotatable bonds is 4. The minimum absolute atomic E-state index is 0.978. The number of hydrogen-bond donors (Lipinski definition) is 0. The van der Waals surface area contributed by atoms with Crippen LogP contribution in [0, 0.1) is 30.6 Å². The van der Waals surface area contributed by atoms with Gasteiger partial charge in [-0.1, -0.05) is 61.6 Å². The van der Waals surface area contributed by atoms with Gasteiger partial charge in [0.05, 0.1) is 0 Å². The Labute approximate surface area is 142 Å². The molecule has 124 valence electrons. The Kier molecular flexibility index (Phi) is 4.60. The third-order valence-electron chi connectivity index (χ3n) is 6.80. The van der Waals surface area contributed by atoms with Crippen molar-refractivity contribution in [1.82, 2.24) is 0 Å². The first-order valence-corrected chi connectivity index (χ1v) is 10.0. The summed E-state index contributed by atoms with van der Waals surface area (Å²) in [7, 11) is 0. The topological polar surface area (TPSA) is 0 Å². The van der Waals surface area contributed by atoms with Crippen LogP contribution in [0.1, 0.15) is 75.3 Å². The summed E-state index contributed by atoms with van der Waals surface area (Å²) in [5, 5.41) is 0. The largest absolute Gasteiger partial charge is 0.0804 e. The molecule has 0 spiro atoms. The van der Waals surface area contributed by atoms with Crippen LogP contribution in [-0.2, 0) is 0 Å². The van der Waals surface area contributed by atoms with Gasteiger partial charge in [0.15, 0.2) is 0 Å². The molecule has 0 bridgehead atoms.